The van der Waals surface area contributed by atoms with Crippen LogP contribution in [-0.4, -0.2) is 36.7 Å². The van der Waals surface area contributed by atoms with Gasteiger partial charge in [0.1, 0.15) is 17.1 Å². The first-order chi connectivity index (χ1) is 12.5. The summed E-state index contributed by atoms with van der Waals surface area (Å²) in [5, 5.41) is 12.5. The molecule has 0 saturated heterocycles. The van der Waals surface area contributed by atoms with Gasteiger partial charge >= 0.3 is 5.97 Å². The van der Waals surface area contributed by atoms with E-state index < -0.39 is 12.6 Å². The lowest BCUT2D eigenvalue weighted by Gasteiger charge is -2.14. The number of aryl methyl sites for hydroxylation is 1. The lowest BCUT2D eigenvalue weighted by Crippen LogP contribution is -2.36. The monoisotopic (exact) mass is 357 g/mol. The Balaban J connectivity index is 1.78. The normalized spacial score (nSPS) is 11.5. The molecule has 0 saturated carbocycles. The number of phenolic OH excluding ortho intramolecular Hbond substituents is 1. The minimum absolute atomic E-state index is 0.0470. The van der Waals surface area contributed by atoms with Crippen molar-refractivity contribution in [3.63, 3.8) is 0 Å². The number of ether oxygens (including phenoxy) is 2. The van der Waals surface area contributed by atoms with Gasteiger partial charge in [0.2, 0.25) is 0 Å². The molecule has 0 heterocycles. The number of phenols is 1. The maximum absolute atomic E-state index is 12.0. The zero-order valence-electron chi connectivity index (χ0n) is 14.9. The van der Waals surface area contributed by atoms with Crippen LogP contribution < -0.4 is 10.1 Å². The standard InChI is InChI=1S/C20H23NO5/c1-14(8-9-15-6-4-3-5-7-15)21-19(23)13-26-20(24)17-12-16(25-2)10-11-18(17)22/h3-7,10-12,14,22H,8-9,13H2,1-2H3,(H,21,23)/t14-/m1/s1. The minimum Gasteiger partial charge on any atom is -0.507 e. The van der Waals surface area contributed by atoms with E-state index in [1.54, 1.807) is 0 Å². The molecule has 2 aromatic rings. The Bertz CT molecular complexity index is 745. The van der Waals surface area contributed by atoms with Gasteiger partial charge in [0.25, 0.3) is 5.91 Å². The molecule has 6 heteroatoms. The van der Waals surface area contributed by atoms with Crippen LogP contribution in [0.3, 0.4) is 0 Å². The van der Waals surface area contributed by atoms with E-state index in [0.717, 1.165) is 12.8 Å². The molecule has 0 fully saturated rings. The first kappa shape index (κ1) is 19.3. The summed E-state index contributed by atoms with van der Waals surface area (Å²) in [6.45, 7) is 1.49. The first-order valence-electron chi connectivity index (χ1n) is 8.37. The predicted octanol–water partition coefficient (Wildman–Crippen LogP) is 2.70. The van der Waals surface area contributed by atoms with Gasteiger partial charge in [0.05, 0.1) is 7.11 Å². The molecular formula is C20H23NO5. The van der Waals surface area contributed by atoms with Crippen molar-refractivity contribution >= 4 is 11.9 Å². The predicted molar refractivity (Wildman–Crippen MR) is 97.3 cm³/mol. The molecule has 2 rings (SSSR count). The Morgan fingerprint density at radius 1 is 1.15 bits per heavy atom. The molecule has 2 N–H and O–H groups in total. The number of aromatic hydroxyl groups is 1. The number of nitrogens with one attached hydrogen (secondary N) is 1. The molecule has 26 heavy (non-hydrogen) atoms. The van der Waals surface area contributed by atoms with Crippen molar-refractivity contribution in [2.75, 3.05) is 13.7 Å². The molecule has 0 bridgehead atoms. The largest absolute Gasteiger partial charge is 0.507 e. The highest BCUT2D eigenvalue weighted by molar-refractivity contribution is 5.94. The first-order valence-corrected chi connectivity index (χ1v) is 8.37. The molecule has 0 radical (unpaired) electrons. The molecule has 0 aliphatic heterocycles. The van der Waals surface area contributed by atoms with Gasteiger partial charge in [0.15, 0.2) is 6.61 Å². The van der Waals surface area contributed by atoms with Crippen LogP contribution in [0.15, 0.2) is 48.5 Å². The number of rotatable bonds is 8. The quantitative estimate of drug-likeness (QED) is 0.710. The molecule has 0 aromatic heterocycles. The number of hydrogen-bond donors (Lipinski definition) is 2. The van der Waals surface area contributed by atoms with E-state index in [1.165, 1.54) is 30.9 Å². The van der Waals surface area contributed by atoms with Crippen molar-refractivity contribution < 1.29 is 24.2 Å². The Morgan fingerprint density at radius 2 is 1.88 bits per heavy atom. The summed E-state index contributed by atoms with van der Waals surface area (Å²) in [5.41, 5.74) is 1.16. The number of methoxy groups -OCH3 is 1. The van der Waals surface area contributed by atoms with E-state index in [9.17, 15) is 14.7 Å². The summed E-state index contributed by atoms with van der Waals surface area (Å²) in [6.07, 6.45) is 1.63. The Hall–Kier alpha value is -3.02. The molecular weight excluding hydrogens is 334 g/mol. The maximum atomic E-state index is 12.0. The van der Waals surface area contributed by atoms with Gasteiger partial charge in [-0.15, -0.1) is 0 Å². The number of benzene rings is 2. The second kappa shape index (κ2) is 9.46. The van der Waals surface area contributed by atoms with E-state index in [2.05, 4.69) is 5.32 Å². The van der Waals surface area contributed by atoms with Crippen LogP contribution in [0.2, 0.25) is 0 Å². The molecule has 2 aromatic carbocycles. The fraction of sp³-hybridized carbons (Fsp3) is 0.300. The Kier molecular flexibility index (Phi) is 7.02. The van der Waals surface area contributed by atoms with Crippen LogP contribution in [0.5, 0.6) is 11.5 Å². The number of amides is 1. The van der Waals surface area contributed by atoms with Gasteiger partial charge in [-0.3, -0.25) is 4.79 Å². The zero-order valence-corrected chi connectivity index (χ0v) is 14.9. The van der Waals surface area contributed by atoms with Gasteiger partial charge in [0, 0.05) is 6.04 Å². The topological polar surface area (TPSA) is 84.9 Å². The summed E-state index contributed by atoms with van der Waals surface area (Å²) in [7, 11) is 1.45. The molecule has 0 aliphatic rings. The van der Waals surface area contributed by atoms with Gasteiger partial charge in [-0.2, -0.15) is 0 Å². The number of carbonyl (C=O) groups is 2. The van der Waals surface area contributed by atoms with E-state index in [0.29, 0.717) is 5.75 Å². The van der Waals surface area contributed by atoms with Crippen molar-refractivity contribution in [2.45, 2.75) is 25.8 Å². The third kappa shape index (κ3) is 5.81. The van der Waals surface area contributed by atoms with Crippen molar-refractivity contribution in [1.82, 2.24) is 5.32 Å². The average molecular weight is 357 g/mol. The molecule has 0 aliphatic carbocycles. The van der Waals surface area contributed by atoms with Crippen molar-refractivity contribution in [3.8, 4) is 11.5 Å². The molecule has 138 valence electrons. The highest BCUT2D eigenvalue weighted by atomic mass is 16.5. The van der Waals surface area contributed by atoms with Crippen LogP contribution in [0, 0.1) is 0 Å². The van der Waals surface area contributed by atoms with Crippen LogP contribution in [0.25, 0.3) is 0 Å². The van der Waals surface area contributed by atoms with Gasteiger partial charge < -0.3 is 19.9 Å². The smallest absolute Gasteiger partial charge is 0.342 e. The Labute approximate surface area is 152 Å². The SMILES string of the molecule is COc1ccc(O)c(C(=O)OCC(=O)N[C@H](C)CCc2ccccc2)c1. The number of esters is 1. The Morgan fingerprint density at radius 3 is 2.58 bits per heavy atom. The number of hydrogen-bond acceptors (Lipinski definition) is 5. The fourth-order valence-electron chi connectivity index (χ4n) is 2.43. The van der Waals surface area contributed by atoms with Gasteiger partial charge in [-0.25, -0.2) is 4.79 Å². The van der Waals surface area contributed by atoms with E-state index in [1.807, 2.05) is 37.3 Å². The van der Waals surface area contributed by atoms with Gasteiger partial charge in [-0.05, 0) is 43.5 Å². The van der Waals surface area contributed by atoms with Crippen molar-refractivity contribution in [2.24, 2.45) is 0 Å². The minimum atomic E-state index is -0.784. The van der Waals surface area contributed by atoms with E-state index in [-0.39, 0.29) is 23.3 Å². The lowest BCUT2D eigenvalue weighted by molar-refractivity contribution is -0.124. The summed E-state index contributed by atoms with van der Waals surface area (Å²) in [5.74, 6) is -0.990. The zero-order chi connectivity index (χ0) is 18.9. The summed E-state index contributed by atoms with van der Waals surface area (Å²) in [4.78, 5) is 23.9. The highest BCUT2D eigenvalue weighted by Gasteiger charge is 2.16. The van der Waals surface area contributed by atoms with E-state index >= 15 is 0 Å². The third-order valence-electron chi connectivity index (χ3n) is 3.87. The molecule has 0 unspecified atom stereocenters. The van der Waals surface area contributed by atoms with E-state index in [4.69, 9.17) is 9.47 Å². The summed E-state index contributed by atoms with van der Waals surface area (Å²) in [6, 6.07) is 14.2. The van der Waals surface area contributed by atoms with Crippen LogP contribution >= 0.6 is 0 Å². The number of carbonyl (C=O) groups excluding carboxylic acids is 2. The van der Waals surface area contributed by atoms with Crippen LogP contribution in [0.1, 0.15) is 29.3 Å². The summed E-state index contributed by atoms with van der Waals surface area (Å²) < 4.78 is 9.97. The highest BCUT2D eigenvalue weighted by Crippen LogP contribution is 2.23. The molecule has 1 amide bonds. The van der Waals surface area contributed by atoms with Crippen molar-refractivity contribution in [1.29, 1.82) is 0 Å². The lowest BCUT2D eigenvalue weighted by atomic mass is 10.1. The molecule has 0 spiro atoms. The second-order valence-electron chi connectivity index (χ2n) is 5.95. The van der Waals surface area contributed by atoms with Crippen molar-refractivity contribution in [3.05, 3.63) is 59.7 Å². The average Bonchev–Trinajstić information content (AvgIpc) is 2.65. The van der Waals surface area contributed by atoms with Crippen LogP contribution in [-0.2, 0) is 16.0 Å². The molecule has 6 nitrogen and oxygen atoms in total. The molecule has 1 atom stereocenters. The fourth-order valence-corrected chi connectivity index (χ4v) is 2.43. The third-order valence-corrected chi connectivity index (χ3v) is 3.87. The van der Waals surface area contributed by atoms with Gasteiger partial charge in [-0.1, -0.05) is 30.3 Å². The summed E-state index contributed by atoms with van der Waals surface area (Å²) >= 11 is 0. The van der Waals surface area contributed by atoms with Crippen LogP contribution in [0.4, 0.5) is 0 Å². The maximum Gasteiger partial charge on any atom is 0.342 e. The second-order valence-corrected chi connectivity index (χ2v) is 5.95.